The summed E-state index contributed by atoms with van der Waals surface area (Å²) in [6, 6.07) is 11.1. The molecule has 2 rings (SSSR count). The van der Waals surface area contributed by atoms with Gasteiger partial charge in [0.1, 0.15) is 0 Å². The minimum Gasteiger partial charge on any atom is -0.311 e. The van der Waals surface area contributed by atoms with Crippen LogP contribution in [0.3, 0.4) is 0 Å². The van der Waals surface area contributed by atoms with E-state index < -0.39 is 0 Å². The van der Waals surface area contributed by atoms with Gasteiger partial charge in [0.05, 0.1) is 6.67 Å². The van der Waals surface area contributed by atoms with Crippen LogP contribution in [0.15, 0.2) is 30.3 Å². The normalized spacial score (nSPS) is 27.6. The average Bonchev–Trinajstić information content (AvgIpc) is 2.49. The van der Waals surface area contributed by atoms with E-state index in [2.05, 4.69) is 54.4 Å². The number of benzene rings is 1. The number of alkyl halides is 1. The summed E-state index contributed by atoms with van der Waals surface area (Å²) < 4.78 is 12.5. The van der Waals surface area contributed by atoms with Crippen molar-refractivity contribution in [3.8, 4) is 0 Å². The fraction of sp³-hybridized carbons (Fsp3) is 0.647. The van der Waals surface area contributed by atoms with E-state index in [4.69, 9.17) is 0 Å². The van der Waals surface area contributed by atoms with Gasteiger partial charge in [-0.15, -0.1) is 0 Å². The van der Waals surface area contributed by atoms with Crippen LogP contribution in [0, 0.1) is 0 Å². The third-order valence-electron chi connectivity index (χ3n) is 4.62. The molecule has 1 heterocycles. The molecule has 1 aliphatic heterocycles. The monoisotopic (exact) mass is 278 g/mol. The van der Waals surface area contributed by atoms with Gasteiger partial charge in [-0.1, -0.05) is 37.3 Å². The summed E-state index contributed by atoms with van der Waals surface area (Å²) in [5.74, 6) is 0. The molecule has 0 saturated carbocycles. The number of nitrogens with one attached hydrogen (secondary N) is 1. The van der Waals surface area contributed by atoms with Crippen molar-refractivity contribution in [2.45, 2.75) is 44.7 Å². The van der Waals surface area contributed by atoms with Crippen LogP contribution < -0.4 is 5.32 Å². The maximum Gasteiger partial charge on any atom is 0.0906 e. The van der Waals surface area contributed by atoms with Crippen LogP contribution in [0.25, 0.3) is 0 Å². The maximum atomic E-state index is 12.5. The van der Waals surface area contributed by atoms with Gasteiger partial charge < -0.3 is 5.32 Å². The van der Waals surface area contributed by atoms with E-state index in [1.165, 1.54) is 5.56 Å². The Labute approximate surface area is 122 Å². The summed E-state index contributed by atoms with van der Waals surface area (Å²) in [6.45, 7) is 7.17. The molecule has 0 aliphatic carbocycles. The smallest absolute Gasteiger partial charge is 0.0906 e. The lowest BCUT2D eigenvalue weighted by Gasteiger charge is -2.48. The number of halogens is 1. The van der Waals surface area contributed by atoms with E-state index in [1.54, 1.807) is 0 Å². The highest BCUT2D eigenvalue weighted by Gasteiger charge is 2.35. The van der Waals surface area contributed by atoms with Crippen molar-refractivity contribution in [1.82, 2.24) is 10.2 Å². The van der Waals surface area contributed by atoms with Gasteiger partial charge in [-0.25, -0.2) is 0 Å². The standard InChI is InChI=1S/C17H27FN2/c1-3-17(2)14-19-16(13-20(17)11-7-10-18)12-15-8-5-4-6-9-15/h4-6,8-9,16,19H,3,7,10-14H2,1-2H3. The Morgan fingerprint density at radius 2 is 2.10 bits per heavy atom. The predicted octanol–water partition coefficient (Wildman–Crippen LogP) is 3.03. The molecule has 2 atom stereocenters. The fourth-order valence-electron chi connectivity index (χ4n) is 3.02. The molecule has 1 N–H and O–H groups in total. The largest absolute Gasteiger partial charge is 0.311 e. The van der Waals surface area contributed by atoms with E-state index in [1.807, 2.05) is 0 Å². The molecule has 1 saturated heterocycles. The molecule has 20 heavy (non-hydrogen) atoms. The van der Waals surface area contributed by atoms with E-state index in [9.17, 15) is 4.39 Å². The molecule has 1 aliphatic rings. The van der Waals surface area contributed by atoms with Crippen LogP contribution in [0.2, 0.25) is 0 Å². The van der Waals surface area contributed by atoms with Crippen molar-refractivity contribution in [2.24, 2.45) is 0 Å². The minimum atomic E-state index is -0.215. The third kappa shape index (κ3) is 3.80. The maximum absolute atomic E-state index is 12.5. The second-order valence-electron chi connectivity index (χ2n) is 6.11. The van der Waals surface area contributed by atoms with Gasteiger partial charge in [-0.05, 0) is 31.7 Å². The number of rotatable bonds is 6. The first-order chi connectivity index (χ1) is 9.68. The summed E-state index contributed by atoms with van der Waals surface area (Å²) in [5.41, 5.74) is 1.54. The molecule has 0 amide bonds. The Bertz CT molecular complexity index is 395. The predicted molar refractivity (Wildman–Crippen MR) is 82.8 cm³/mol. The van der Waals surface area contributed by atoms with Gasteiger partial charge in [0.15, 0.2) is 0 Å². The lowest BCUT2D eigenvalue weighted by atomic mass is 9.90. The van der Waals surface area contributed by atoms with Crippen LogP contribution in [-0.4, -0.2) is 42.8 Å². The molecule has 0 aromatic heterocycles. The zero-order chi connectivity index (χ0) is 14.4. The first kappa shape index (κ1) is 15.5. The highest BCUT2D eigenvalue weighted by molar-refractivity contribution is 5.16. The number of hydrogen-bond donors (Lipinski definition) is 1. The lowest BCUT2D eigenvalue weighted by Crippen LogP contribution is -2.63. The van der Waals surface area contributed by atoms with E-state index in [0.29, 0.717) is 12.5 Å². The molecule has 1 fully saturated rings. The number of piperazine rings is 1. The van der Waals surface area contributed by atoms with E-state index in [-0.39, 0.29) is 12.2 Å². The first-order valence-electron chi connectivity index (χ1n) is 7.76. The highest BCUT2D eigenvalue weighted by Crippen LogP contribution is 2.24. The molecule has 0 radical (unpaired) electrons. The molecule has 112 valence electrons. The van der Waals surface area contributed by atoms with Crippen molar-refractivity contribution < 1.29 is 4.39 Å². The summed E-state index contributed by atoms with van der Waals surface area (Å²) in [4.78, 5) is 2.48. The van der Waals surface area contributed by atoms with Gasteiger partial charge in [0, 0.05) is 31.2 Å². The topological polar surface area (TPSA) is 15.3 Å². The van der Waals surface area contributed by atoms with Gasteiger partial charge in [-0.3, -0.25) is 9.29 Å². The van der Waals surface area contributed by atoms with E-state index in [0.717, 1.165) is 32.5 Å². The average molecular weight is 278 g/mol. The van der Waals surface area contributed by atoms with E-state index >= 15 is 0 Å². The summed E-state index contributed by atoms with van der Waals surface area (Å²) in [7, 11) is 0. The van der Waals surface area contributed by atoms with Gasteiger partial charge in [-0.2, -0.15) is 0 Å². The Morgan fingerprint density at radius 1 is 1.35 bits per heavy atom. The molecule has 1 aromatic rings. The van der Waals surface area contributed by atoms with Gasteiger partial charge in [0.2, 0.25) is 0 Å². The first-order valence-corrected chi connectivity index (χ1v) is 7.76. The summed E-state index contributed by atoms with van der Waals surface area (Å²) in [5, 5.41) is 3.68. The van der Waals surface area contributed by atoms with Crippen molar-refractivity contribution in [3.05, 3.63) is 35.9 Å². The van der Waals surface area contributed by atoms with Crippen molar-refractivity contribution in [1.29, 1.82) is 0 Å². The Hall–Kier alpha value is -0.930. The number of nitrogens with zero attached hydrogens (tertiary/aromatic N) is 1. The van der Waals surface area contributed by atoms with Crippen molar-refractivity contribution in [3.63, 3.8) is 0 Å². The molecule has 2 unspecified atom stereocenters. The summed E-state index contributed by atoms with van der Waals surface area (Å²) in [6.07, 6.45) is 2.80. The second-order valence-corrected chi connectivity index (χ2v) is 6.11. The van der Waals surface area contributed by atoms with Crippen LogP contribution in [0.4, 0.5) is 4.39 Å². The fourth-order valence-corrected chi connectivity index (χ4v) is 3.02. The van der Waals surface area contributed by atoms with Crippen LogP contribution in [-0.2, 0) is 6.42 Å². The molecular formula is C17H27FN2. The zero-order valence-electron chi connectivity index (χ0n) is 12.7. The molecule has 1 aromatic carbocycles. The second kappa shape index (κ2) is 7.19. The Balaban J connectivity index is 1.97. The molecule has 0 spiro atoms. The zero-order valence-corrected chi connectivity index (χ0v) is 12.7. The lowest BCUT2D eigenvalue weighted by molar-refractivity contribution is 0.0464. The summed E-state index contributed by atoms with van der Waals surface area (Å²) >= 11 is 0. The molecule has 0 bridgehead atoms. The third-order valence-corrected chi connectivity index (χ3v) is 4.62. The van der Waals surface area contributed by atoms with Crippen LogP contribution >= 0.6 is 0 Å². The number of hydrogen-bond acceptors (Lipinski definition) is 2. The Morgan fingerprint density at radius 3 is 2.75 bits per heavy atom. The SMILES string of the molecule is CCC1(C)CNC(Cc2ccccc2)CN1CCCF. The molecular weight excluding hydrogens is 251 g/mol. The molecule has 3 heteroatoms. The van der Waals surface area contributed by atoms with Crippen molar-refractivity contribution >= 4 is 0 Å². The van der Waals surface area contributed by atoms with Crippen LogP contribution in [0.1, 0.15) is 32.3 Å². The van der Waals surface area contributed by atoms with Crippen molar-refractivity contribution in [2.75, 3.05) is 26.3 Å². The van der Waals surface area contributed by atoms with Gasteiger partial charge >= 0.3 is 0 Å². The van der Waals surface area contributed by atoms with Crippen LogP contribution in [0.5, 0.6) is 0 Å². The minimum absolute atomic E-state index is 0.169. The van der Waals surface area contributed by atoms with Gasteiger partial charge in [0.25, 0.3) is 0 Å². The molecule has 2 nitrogen and oxygen atoms in total. The quantitative estimate of drug-likeness (QED) is 0.860. The highest BCUT2D eigenvalue weighted by atomic mass is 19.1. The Kier molecular flexibility index (Phi) is 5.55.